The topological polar surface area (TPSA) is 71.1 Å². The van der Waals surface area contributed by atoms with Gasteiger partial charge < -0.3 is 15.8 Å². The van der Waals surface area contributed by atoms with E-state index in [1.54, 1.807) is 6.08 Å². The zero-order chi connectivity index (χ0) is 9.19. The molecule has 12 heavy (non-hydrogen) atoms. The van der Waals surface area contributed by atoms with Gasteiger partial charge in [-0.1, -0.05) is 0 Å². The molecule has 0 spiro atoms. The monoisotopic (exact) mass is 169 g/mol. The Morgan fingerprint density at radius 1 is 1.75 bits per heavy atom. The van der Waals surface area contributed by atoms with Crippen LogP contribution in [0.3, 0.4) is 0 Å². The van der Waals surface area contributed by atoms with E-state index in [0.717, 1.165) is 12.2 Å². The molecule has 0 bridgehead atoms. The molecule has 1 fully saturated rings. The van der Waals surface area contributed by atoms with Crippen LogP contribution in [0.4, 0.5) is 0 Å². The molecule has 0 aromatic carbocycles. The summed E-state index contributed by atoms with van der Waals surface area (Å²) >= 11 is 0. The van der Waals surface area contributed by atoms with E-state index in [1.165, 1.54) is 0 Å². The smallest absolute Gasteiger partial charge is 0.117 e. The van der Waals surface area contributed by atoms with Crippen molar-refractivity contribution in [2.45, 2.75) is 19.4 Å². The minimum Gasteiger partial charge on any atom is -0.384 e. The molecule has 4 N–H and O–H groups in total. The molecular formula is C8H15N3O. The van der Waals surface area contributed by atoms with Crippen molar-refractivity contribution in [1.29, 1.82) is 5.41 Å². The molecule has 1 saturated heterocycles. The highest BCUT2D eigenvalue weighted by Gasteiger charge is 2.23. The first-order chi connectivity index (χ1) is 5.49. The summed E-state index contributed by atoms with van der Waals surface area (Å²) in [5.74, 6) is 0.0563. The van der Waals surface area contributed by atoms with E-state index < -0.39 is 0 Å². The Labute approximate surface area is 72.3 Å². The molecule has 0 atom stereocenters. The predicted molar refractivity (Wildman–Crippen MR) is 48.0 cm³/mol. The van der Waals surface area contributed by atoms with Crippen molar-refractivity contribution in [3.8, 4) is 0 Å². The minimum atomic E-state index is -0.117. The standard InChI is InChI=1S/C8H15N3O/c1-8(2)5-11-6(4-12-8)3-7(9)10/h3,11H,4-5H2,1-2H3,(H3,9,10)/b6-3-. The third-order valence-electron chi connectivity index (χ3n) is 1.69. The molecule has 1 aliphatic rings. The molecule has 0 radical (unpaired) electrons. The first-order valence-electron chi connectivity index (χ1n) is 3.92. The van der Waals surface area contributed by atoms with Gasteiger partial charge in [-0.2, -0.15) is 0 Å². The van der Waals surface area contributed by atoms with Gasteiger partial charge in [-0.3, -0.25) is 5.41 Å². The summed E-state index contributed by atoms with van der Waals surface area (Å²) in [7, 11) is 0. The van der Waals surface area contributed by atoms with Crippen LogP contribution in [0.1, 0.15) is 13.8 Å². The molecule has 0 aromatic rings. The van der Waals surface area contributed by atoms with E-state index in [9.17, 15) is 0 Å². The quantitative estimate of drug-likeness (QED) is 0.388. The number of nitrogens with two attached hydrogens (primary N) is 1. The van der Waals surface area contributed by atoms with Crippen molar-refractivity contribution in [2.75, 3.05) is 13.2 Å². The molecule has 0 aromatic heterocycles. The molecule has 0 aliphatic carbocycles. The van der Waals surface area contributed by atoms with Gasteiger partial charge in [0.2, 0.25) is 0 Å². The van der Waals surface area contributed by atoms with Crippen LogP contribution < -0.4 is 11.1 Å². The number of amidine groups is 1. The van der Waals surface area contributed by atoms with Crippen molar-refractivity contribution in [1.82, 2.24) is 5.32 Å². The fourth-order valence-corrected chi connectivity index (χ4v) is 0.982. The maximum absolute atomic E-state index is 7.04. The molecule has 4 heteroatoms. The molecule has 0 unspecified atom stereocenters. The summed E-state index contributed by atoms with van der Waals surface area (Å²) < 4.78 is 5.50. The first kappa shape index (κ1) is 9.06. The summed E-state index contributed by atoms with van der Waals surface area (Å²) in [6.45, 7) is 5.30. The average Bonchev–Trinajstić information content (AvgIpc) is 1.93. The van der Waals surface area contributed by atoms with Gasteiger partial charge in [-0.05, 0) is 13.8 Å². The number of morpholine rings is 1. The molecule has 4 nitrogen and oxygen atoms in total. The number of ether oxygens (including phenoxy) is 1. The number of hydrogen-bond acceptors (Lipinski definition) is 3. The normalized spacial score (nSPS) is 25.0. The lowest BCUT2D eigenvalue weighted by Crippen LogP contribution is -2.44. The Kier molecular flexibility index (Phi) is 2.38. The lowest BCUT2D eigenvalue weighted by atomic mass is 10.1. The summed E-state index contributed by atoms with van der Waals surface area (Å²) in [5, 5.41) is 10.2. The van der Waals surface area contributed by atoms with Gasteiger partial charge in [-0.15, -0.1) is 0 Å². The van der Waals surface area contributed by atoms with Crippen molar-refractivity contribution < 1.29 is 4.74 Å². The number of nitrogens with one attached hydrogen (secondary N) is 2. The third kappa shape index (κ3) is 2.54. The van der Waals surface area contributed by atoms with Gasteiger partial charge in [-0.25, -0.2) is 0 Å². The van der Waals surface area contributed by atoms with Crippen molar-refractivity contribution in [2.24, 2.45) is 5.73 Å². The zero-order valence-electron chi connectivity index (χ0n) is 7.48. The molecular weight excluding hydrogens is 154 g/mol. The van der Waals surface area contributed by atoms with E-state index in [4.69, 9.17) is 15.9 Å². The average molecular weight is 169 g/mol. The highest BCUT2D eigenvalue weighted by molar-refractivity contribution is 5.89. The summed E-state index contributed by atoms with van der Waals surface area (Å²) in [5.41, 5.74) is 5.96. The van der Waals surface area contributed by atoms with Crippen LogP contribution in [0.2, 0.25) is 0 Å². The number of hydrogen-bond donors (Lipinski definition) is 3. The van der Waals surface area contributed by atoms with E-state index >= 15 is 0 Å². The maximum atomic E-state index is 7.04. The summed E-state index contributed by atoms with van der Waals surface area (Å²) in [6, 6.07) is 0. The lowest BCUT2D eigenvalue weighted by molar-refractivity contribution is -0.0231. The van der Waals surface area contributed by atoms with Gasteiger partial charge in [0, 0.05) is 18.3 Å². The van der Waals surface area contributed by atoms with Crippen LogP contribution >= 0.6 is 0 Å². The van der Waals surface area contributed by atoms with Crippen LogP contribution in [-0.2, 0) is 4.74 Å². The van der Waals surface area contributed by atoms with Crippen LogP contribution in [0.5, 0.6) is 0 Å². The number of rotatable bonds is 1. The summed E-state index contributed by atoms with van der Waals surface area (Å²) in [6.07, 6.45) is 1.58. The molecule has 0 amide bonds. The van der Waals surface area contributed by atoms with Crippen molar-refractivity contribution in [3.05, 3.63) is 11.8 Å². The largest absolute Gasteiger partial charge is 0.384 e. The maximum Gasteiger partial charge on any atom is 0.117 e. The second-order valence-corrected chi connectivity index (χ2v) is 3.53. The molecule has 68 valence electrons. The van der Waals surface area contributed by atoms with Crippen molar-refractivity contribution >= 4 is 5.84 Å². The predicted octanol–water partition coefficient (Wildman–Crippen LogP) is 0.205. The van der Waals surface area contributed by atoms with Gasteiger partial charge in [0.05, 0.1) is 12.2 Å². The highest BCUT2D eigenvalue weighted by Crippen LogP contribution is 2.14. The molecule has 1 rings (SSSR count). The van der Waals surface area contributed by atoms with Crippen LogP contribution in [-0.4, -0.2) is 24.6 Å². The van der Waals surface area contributed by atoms with Crippen LogP contribution in [0, 0.1) is 5.41 Å². The zero-order valence-corrected chi connectivity index (χ0v) is 7.48. The Bertz CT molecular complexity index is 208. The fourth-order valence-electron chi connectivity index (χ4n) is 0.982. The second kappa shape index (κ2) is 3.15. The SMILES string of the molecule is CC1(C)CN/C(=C\C(=N)N)CO1. The van der Waals surface area contributed by atoms with E-state index in [-0.39, 0.29) is 11.4 Å². The Hall–Kier alpha value is -1.03. The van der Waals surface area contributed by atoms with Crippen LogP contribution in [0.15, 0.2) is 11.8 Å². The Balaban J connectivity index is 2.52. The highest BCUT2D eigenvalue weighted by atomic mass is 16.5. The molecule has 1 aliphatic heterocycles. The fraction of sp³-hybridized carbons (Fsp3) is 0.625. The Morgan fingerprint density at radius 2 is 2.42 bits per heavy atom. The van der Waals surface area contributed by atoms with E-state index in [1.807, 2.05) is 13.8 Å². The van der Waals surface area contributed by atoms with Crippen LogP contribution in [0.25, 0.3) is 0 Å². The second-order valence-electron chi connectivity index (χ2n) is 3.53. The summed E-state index contributed by atoms with van der Waals surface area (Å²) in [4.78, 5) is 0. The minimum absolute atomic E-state index is 0.0563. The van der Waals surface area contributed by atoms with Gasteiger partial charge >= 0.3 is 0 Å². The Morgan fingerprint density at radius 3 is 2.83 bits per heavy atom. The molecule has 1 heterocycles. The molecule has 0 saturated carbocycles. The first-order valence-corrected chi connectivity index (χ1v) is 3.92. The van der Waals surface area contributed by atoms with Gasteiger partial charge in [0.25, 0.3) is 0 Å². The third-order valence-corrected chi connectivity index (χ3v) is 1.69. The van der Waals surface area contributed by atoms with E-state index in [0.29, 0.717) is 6.61 Å². The van der Waals surface area contributed by atoms with Crippen molar-refractivity contribution in [3.63, 3.8) is 0 Å². The van der Waals surface area contributed by atoms with E-state index in [2.05, 4.69) is 5.32 Å². The van der Waals surface area contributed by atoms with Gasteiger partial charge in [0.15, 0.2) is 0 Å². The van der Waals surface area contributed by atoms with Gasteiger partial charge in [0.1, 0.15) is 5.84 Å². The lowest BCUT2D eigenvalue weighted by Gasteiger charge is -2.32.